The van der Waals surface area contributed by atoms with E-state index in [-0.39, 0.29) is 11.9 Å². The minimum atomic E-state index is -0.697. The summed E-state index contributed by atoms with van der Waals surface area (Å²) in [5.74, 6) is -1.11. The number of anilines is 1. The maximum Gasteiger partial charge on any atom is 0.423 e. The Balaban J connectivity index is 1.30. The Morgan fingerprint density at radius 1 is 0.921 bits per heavy atom. The lowest BCUT2D eigenvalue weighted by Crippen LogP contribution is -2.46. The average Bonchev–Trinajstić information content (AvgIpc) is 3.28. The smallest absolute Gasteiger partial charge is 0.423 e. The molecule has 0 radical (unpaired) electrons. The summed E-state index contributed by atoms with van der Waals surface area (Å²) in [6.07, 6.45) is -0.223. The Bertz CT molecular complexity index is 1450. The third-order valence-electron chi connectivity index (χ3n) is 7.13. The second-order valence-electron chi connectivity index (χ2n) is 10.1. The summed E-state index contributed by atoms with van der Waals surface area (Å²) in [6, 6.07) is 25.0. The molecule has 3 aromatic carbocycles. The van der Waals surface area contributed by atoms with Gasteiger partial charge in [-0.15, -0.1) is 0 Å². The molecule has 0 N–H and O–H groups in total. The van der Waals surface area contributed by atoms with Gasteiger partial charge in [0.1, 0.15) is 0 Å². The number of fused-ring (bicyclic) bond motifs is 1. The van der Waals surface area contributed by atoms with Gasteiger partial charge in [-0.05, 0) is 34.9 Å². The lowest BCUT2D eigenvalue weighted by molar-refractivity contribution is -0.158. The van der Waals surface area contributed by atoms with Crippen LogP contribution in [0.5, 0.6) is 0 Å². The third-order valence-corrected chi connectivity index (χ3v) is 7.13. The van der Waals surface area contributed by atoms with Crippen molar-refractivity contribution < 1.29 is 13.9 Å². The predicted molar refractivity (Wildman–Crippen MR) is 150 cm³/mol. The van der Waals surface area contributed by atoms with Crippen LogP contribution < -0.4 is 10.7 Å². The molecule has 0 amide bonds. The van der Waals surface area contributed by atoms with Crippen LogP contribution in [-0.4, -0.2) is 41.6 Å². The quantitative estimate of drug-likeness (QED) is 0.282. The van der Waals surface area contributed by atoms with Crippen molar-refractivity contribution in [1.29, 1.82) is 0 Å². The van der Waals surface area contributed by atoms with Gasteiger partial charge in [-0.2, -0.15) is 0 Å². The summed E-state index contributed by atoms with van der Waals surface area (Å²) >= 11 is 0. The van der Waals surface area contributed by atoms with Crippen LogP contribution in [0, 0.1) is 5.92 Å². The van der Waals surface area contributed by atoms with Crippen molar-refractivity contribution in [3.8, 4) is 11.1 Å². The molecule has 0 saturated carbocycles. The molecule has 1 atom stereocenters. The number of piperazine rings is 1. The van der Waals surface area contributed by atoms with E-state index in [1.54, 1.807) is 13.8 Å². The molecular weight excluding hydrogens is 478 g/mol. The Hall–Kier alpha value is -3.84. The largest absolute Gasteiger partial charge is 0.441 e. The minimum Gasteiger partial charge on any atom is -0.441 e. The number of esters is 1. The summed E-state index contributed by atoms with van der Waals surface area (Å²) in [5.41, 5.74) is 5.85. The van der Waals surface area contributed by atoms with Gasteiger partial charge in [0.25, 0.3) is 0 Å². The van der Waals surface area contributed by atoms with Crippen LogP contribution >= 0.6 is 0 Å². The van der Waals surface area contributed by atoms with Crippen LogP contribution in [-0.2, 0) is 16.1 Å². The Morgan fingerprint density at radius 2 is 1.63 bits per heavy atom. The van der Waals surface area contributed by atoms with Gasteiger partial charge in [0.2, 0.25) is 0 Å². The summed E-state index contributed by atoms with van der Waals surface area (Å²) in [4.78, 5) is 29.9. The maximum absolute atomic E-state index is 12.9. The van der Waals surface area contributed by atoms with Crippen LogP contribution in [0.1, 0.15) is 39.0 Å². The highest BCUT2D eigenvalue weighted by atomic mass is 16.6. The van der Waals surface area contributed by atoms with Crippen molar-refractivity contribution in [3.63, 3.8) is 0 Å². The monoisotopic (exact) mass is 513 g/mol. The van der Waals surface area contributed by atoms with Crippen LogP contribution in [0.2, 0.25) is 0 Å². The molecule has 0 bridgehead atoms. The van der Waals surface area contributed by atoms with Gasteiger partial charge in [-0.25, -0.2) is 9.36 Å². The number of para-hydroxylation sites is 1. The number of rotatable bonds is 8. The second kappa shape index (κ2) is 11.3. The lowest BCUT2D eigenvalue weighted by atomic mass is 10.0. The zero-order chi connectivity index (χ0) is 26.6. The molecule has 1 aliphatic rings. The van der Waals surface area contributed by atoms with E-state index in [1.807, 2.05) is 31.2 Å². The van der Waals surface area contributed by atoms with E-state index >= 15 is 0 Å². The first-order valence-electron chi connectivity index (χ1n) is 13.4. The Kier molecular flexibility index (Phi) is 7.65. The number of hydrogen-bond acceptors (Lipinski definition) is 6. The van der Waals surface area contributed by atoms with Gasteiger partial charge >= 0.3 is 11.7 Å². The summed E-state index contributed by atoms with van der Waals surface area (Å²) < 4.78 is 12.8. The SMILES string of the molecule is CCC(OC(=O)C(C)C)n1c(=O)oc2c(N3CCN(Cc4cccc(-c5ccccc5)c4)CC3)cccc21. The summed E-state index contributed by atoms with van der Waals surface area (Å²) in [7, 11) is 0. The number of benzene rings is 3. The third kappa shape index (κ3) is 5.38. The van der Waals surface area contributed by atoms with E-state index in [0.29, 0.717) is 17.5 Å². The minimum absolute atomic E-state index is 0.273. The molecule has 1 unspecified atom stereocenters. The van der Waals surface area contributed by atoms with E-state index in [4.69, 9.17) is 9.15 Å². The summed E-state index contributed by atoms with van der Waals surface area (Å²) in [5, 5.41) is 0. The van der Waals surface area contributed by atoms with Crippen molar-refractivity contribution in [3.05, 3.63) is 88.9 Å². The molecule has 38 heavy (non-hydrogen) atoms. The molecule has 7 nitrogen and oxygen atoms in total. The molecule has 198 valence electrons. The highest BCUT2D eigenvalue weighted by Gasteiger charge is 2.26. The number of hydrogen-bond donors (Lipinski definition) is 0. The van der Waals surface area contributed by atoms with E-state index in [9.17, 15) is 9.59 Å². The van der Waals surface area contributed by atoms with Crippen LogP contribution in [0.3, 0.4) is 0 Å². The van der Waals surface area contributed by atoms with Gasteiger partial charge in [0.15, 0.2) is 11.8 Å². The number of ether oxygens (including phenoxy) is 1. The van der Waals surface area contributed by atoms with E-state index in [2.05, 4.69) is 58.3 Å². The van der Waals surface area contributed by atoms with Crippen LogP contribution in [0.25, 0.3) is 22.2 Å². The molecule has 5 rings (SSSR count). The average molecular weight is 514 g/mol. The normalized spacial score (nSPS) is 15.2. The molecule has 7 heteroatoms. The molecule has 1 aromatic heterocycles. The van der Waals surface area contributed by atoms with Crippen molar-refractivity contribution in [1.82, 2.24) is 9.47 Å². The standard InChI is InChI=1S/C31H35N3O4/c1-4-28(37-30(35)22(2)3)34-27-15-9-14-26(29(27)38-31(34)36)33-18-16-32(17-19-33)21-23-10-8-13-25(20-23)24-11-6-5-7-12-24/h5-15,20,22,28H,4,16-19,21H2,1-3H3. The van der Waals surface area contributed by atoms with Gasteiger partial charge in [0.05, 0.1) is 17.1 Å². The van der Waals surface area contributed by atoms with Crippen LogP contribution in [0.15, 0.2) is 82.0 Å². The second-order valence-corrected chi connectivity index (χ2v) is 10.1. The maximum atomic E-state index is 12.9. The Morgan fingerprint density at radius 3 is 2.34 bits per heavy atom. The van der Waals surface area contributed by atoms with Crippen molar-refractivity contribution in [2.45, 2.75) is 40.0 Å². The van der Waals surface area contributed by atoms with Crippen molar-refractivity contribution >= 4 is 22.8 Å². The fraction of sp³-hybridized carbons (Fsp3) is 0.355. The first-order valence-corrected chi connectivity index (χ1v) is 13.4. The lowest BCUT2D eigenvalue weighted by Gasteiger charge is -2.36. The van der Waals surface area contributed by atoms with E-state index in [0.717, 1.165) is 38.4 Å². The first kappa shape index (κ1) is 25.8. The highest BCUT2D eigenvalue weighted by Crippen LogP contribution is 2.30. The molecule has 1 saturated heterocycles. The molecule has 2 heterocycles. The fourth-order valence-electron chi connectivity index (χ4n) is 5.04. The highest BCUT2D eigenvalue weighted by molar-refractivity contribution is 5.87. The van der Waals surface area contributed by atoms with Crippen molar-refractivity contribution in [2.75, 3.05) is 31.1 Å². The zero-order valence-corrected chi connectivity index (χ0v) is 22.3. The van der Waals surface area contributed by atoms with E-state index in [1.165, 1.54) is 21.3 Å². The van der Waals surface area contributed by atoms with Gasteiger partial charge in [-0.3, -0.25) is 9.69 Å². The topological polar surface area (TPSA) is 67.9 Å². The van der Waals surface area contributed by atoms with Gasteiger partial charge in [0, 0.05) is 39.1 Å². The first-order chi connectivity index (χ1) is 18.4. The van der Waals surface area contributed by atoms with Gasteiger partial charge in [-0.1, -0.05) is 75.4 Å². The molecule has 1 aliphatic heterocycles. The number of oxazole rings is 1. The van der Waals surface area contributed by atoms with E-state index < -0.39 is 12.0 Å². The summed E-state index contributed by atoms with van der Waals surface area (Å²) in [6.45, 7) is 9.80. The molecule has 4 aromatic rings. The number of carbonyl (C=O) groups excluding carboxylic acids is 1. The molecule has 0 spiro atoms. The molecular formula is C31H35N3O4. The number of carbonyl (C=O) groups is 1. The predicted octanol–water partition coefficient (Wildman–Crippen LogP) is 5.69. The fourth-order valence-corrected chi connectivity index (χ4v) is 5.04. The van der Waals surface area contributed by atoms with Crippen molar-refractivity contribution in [2.24, 2.45) is 5.92 Å². The molecule has 1 fully saturated rings. The number of aromatic nitrogens is 1. The van der Waals surface area contributed by atoms with Gasteiger partial charge < -0.3 is 14.1 Å². The molecule has 0 aliphatic carbocycles. The van der Waals surface area contributed by atoms with Crippen LogP contribution in [0.4, 0.5) is 5.69 Å². The Labute approximate surface area is 223 Å². The zero-order valence-electron chi connectivity index (χ0n) is 22.3. The number of nitrogens with zero attached hydrogens (tertiary/aromatic N) is 3.